The molecule has 6 heteroatoms. The number of carbonyl (C=O) groups is 3. The second-order valence-electron chi connectivity index (χ2n) is 7.56. The molecule has 0 fully saturated rings. The minimum absolute atomic E-state index is 0.0275. The third kappa shape index (κ3) is 5.74. The van der Waals surface area contributed by atoms with E-state index >= 15 is 0 Å². The normalized spacial score (nSPS) is 12.2. The van der Waals surface area contributed by atoms with E-state index in [0.717, 1.165) is 11.6 Å². The molecule has 0 unspecified atom stereocenters. The molecule has 5 nitrogen and oxygen atoms in total. The van der Waals surface area contributed by atoms with Gasteiger partial charge in [0.25, 0.3) is 5.91 Å². The van der Waals surface area contributed by atoms with Crippen LogP contribution in [0.3, 0.4) is 0 Å². The number of hydrogen-bond acceptors (Lipinski definition) is 4. The number of rotatable bonds is 6. The van der Waals surface area contributed by atoms with Crippen LogP contribution in [0.15, 0.2) is 48.5 Å². The minimum Gasteiger partial charge on any atom is -0.456 e. The van der Waals surface area contributed by atoms with Crippen LogP contribution in [0.5, 0.6) is 0 Å². The number of carbonyl (C=O) groups excluding carboxylic acids is 3. The van der Waals surface area contributed by atoms with E-state index in [9.17, 15) is 18.8 Å². The second kappa shape index (κ2) is 8.78. The Labute approximate surface area is 163 Å². The van der Waals surface area contributed by atoms with Crippen molar-refractivity contribution in [3.8, 4) is 0 Å². The molecule has 148 valence electrons. The quantitative estimate of drug-likeness (QED) is 0.608. The number of esters is 1. The summed E-state index contributed by atoms with van der Waals surface area (Å²) in [5, 5.41) is 2.54. The first-order chi connectivity index (χ1) is 13.1. The van der Waals surface area contributed by atoms with Gasteiger partial charge in [-0.1, -0.05) is 45.0 Å². The maximum Gasteiger partial charge on any atom is 0.328 e. The van der Waals surface area contributed by atoms with Crippen LogP contribution in [-0.2, 0) is 14.9 Å². The van der Waals surface area contributed by atoms with E-state index in [-0.39, 0.29) is 11.0 Å². The molecule has 0 aliphatic heterocycles. The molecule has 2 rings (SSSR count). The number of benzene rings is 2. The van der Waals surface area contributed by atoms with Crippen molar-refractivity contribution in [1.29, 1.82) is 0 Å². The number of amides is 1. The monoisotopic (exact) mass is 385 g/mol. The summed E-state index contributed by atoms with van der Waals surface area (Å²) in [5.74, 6) is -2.23. The van der Waals surface area contributed by atoms with E-state index in [0.29, 0.717) is 5.56 Å². The Morgan fingerprint density at radius 1 is 1.04 bits per heavy atom. The fourth-order valence-electron chi connectivity index (χ4n) is 2.47. The molecule has 28 heavy (non-hydrogen) atoms. The van der Waals surface area contributed by atoms with Crippen LogP contribution in [0.25, 0.3) is 0 Å². The number of hydrogen-bond donors (Lipinski definition) is 1. The van der Waals surface area contributed by atoms with Gasteiger partial charge in [-0.25, -0.2) is 9.18 Å². The molecule has 0 radical (unpaired) electrons. The summed E-state index contributed by atoms with van der Waals surface area (Å²) in [6.45, 7) is 7.17. The van der Waals surface area contributed by atoms with Gasteiger partial charge in [0.2, 0.25) is 0 Å². The number of Topliss-reactive ketones (excluding diaryl/α,β-unsaturated/α-hetero) is 1. The Morgan fingerprint density at radius 3 is 2.25 bits per heavy atom. The average molecular weight is 385 g/mol. The fraction of sp³-hybridized carbons (Fsp3) is 0.318. The van der Waals surface area contributed by atoms with Gasteiger partial charge in [0.05, 0.1) is 0 Å². The van der Waals surface area contributed by atoms with Crippen molar-refractivity contribution < 1.29 is 23.5 Å². The maximum atomic E-state index is 13.1. The van der Waals surface area contributed by atoms with Crippen molar-refractivity contribution in [3.63, 3.8) is 0 Å². The molecule has 2 aromatic rings. The van der Waals surface area contributed by atoms with Crippen LogP contribution < -0.4 is 5.32 Å². The second-order valence-corrected chi connectivity index (χ2v) is 7.56. The third-order valence-electron chi connectivity index (χ3n) is 4.21. The van der Waals surface area contributed by atoms with E-state index in [2.05, 4.69) is 26.1 Å². The minimum atomic E-state index is -0.935. The first-order valence-corrected chi connectivity index (χ1v) is 8.95. The summed E-state index contributed by atoms with van der Waals surface area (Å²) in [6, 6.07) is 11.3. The zero-order valence-electron chi connectivity index (χ0n) is 16.4. The van der Waals surface area contributed by atoms with Crippen LogP contribution in [0.1, 0.15) is 54.0 Å². The highest BCUT2D eigenvalue weighted by molar-refractivity contribution is 5.99. The third-order valence-corrected chi connectivity index (χ3v) is 4.21. The summed E-state index contributed by atoms with van der Waals surface area (Å²) >= 11 is 0. The predicted octanol–water partition coefficient (Wildman–Crippen LogP) is 3.67. The summed E-state index contributed by atoms with van der Waals surface area (Å²) < 4.78 is 18.1. The van der Waals surface area contributed by atoms with Gasteiger partial charge in [-0.2, -0.15) is 0 Å². The standard InChI is InChI=1S/C22H24FNO4/c1-14(21(27)28-13-19(25)16-6-5-7-18(23)12-16)24-20(26)15-8-10-17(11-9-15)22(2,3)4/h5-12,14H,13H2,1-4H3,(H,24,26)/t14-/m0/s1. The summed E-state index contributed by atoms with van der Waals surface area (Å²) in [5.41, 5.74) is 1.60. The molecule has 0 aliphatic carbocycles. The lowest BCUT2D eigenvalue weighted by molar-refractivity contribution is -0.144. The molecule has 1 N–H and O–H groups in total. The van der Waals surface area contributed by atoms with Gasteiger partial charge < -0.3 is 10.1 Å². The van der Waals surface area contributed by atoms with Crippen molar-refractivity contribution in [3.05, 3.63) is 71.0 Å². The zero-order valence-corrected chi connectivity index (χ0v) is 16.4. The number of ether oxygens (including phenoxy) is 1. The van der Waals surface area contributed by atoms with Gasteiger partial charge in [0.1, 0.15) is 11.9 Å². The molecule has 0 heterocycles. The van der Waals surface area contributed by atoms with Crippen LogP contribution in [-0.4, -0.2) is 30.3 Å². The average Bonchev–Trinajstić information content (AvgIpc) is 2.65. The first-order valence-electron chi connectivity index (χ1n) is 8.95. The smallest absolute Gasteiger partial charge is 0.328 e. The molecule has 1 amide bonds. The van der Waals surface area contributed by atoms with Gasteiger partial charge in [0.15, 0.2) is 12.4 Å². The van der Waals surface area contributed by atoms with Crippen LogP contribution in [0, 0.1) is 5.82 Å². The molecule has 0 bridgehead atoms. The molecular weight excluding hydrogens is 361 g/mol. The topological polar surface area (TPSA) is 72.5 Å². The van der Waals surface area contributed by atoms with Crippen molar-refractivity contribution in [1.82, 2.24) is 5.32 Å². The maximum absolute atomic E-state index is 13.1. The summed E-state index contributed by atoms with van der Waals surface area (Å²) in [6.07, 6.45) is 0. The van der Waals surface area contributed by atoms with Gasteiger partial charge in [-0.05, 0) is 42.2 Å². The van der Waals surface area contributed by atoms with Crippen molar-refractivity contribution in [2.24, 2.45) is 0 Å². The molecule has 0 saturated carbocycles. The van der Waals surface area contributed by atoms with Crippen LogP contribution >= 0.6 is 0 Å². The largest absolute Gasteiger partial charge is 0.456 e. The van der Waals surface area contributed by atoms with E-state index in [1.165, 1.54) is 25.1 Å². The molecule has 2 aromatic carbocycles. The number of ketones is 1. The van der Waals surface area contributed by atoms with Crippen LogP contribution in [0.4, 0.5) is 4.39 Å². The molecule has 0 saturated heterocycles. The molecular formula is C22H24FNO4. The lowest BCUT2D eigenvalue weighted by atomic mass is 9.86. The Morgan fingerprint density at radius 2 is 1.68 bits per heavy atom. The highest BCUT2D eigenvalue weighted by Crippen LogP contribution is 2.22. The van der Waals surface area contributed by atoms with E-state index in [4.69, 9.17) is 4.74 Å². The lowest BCUT2D eigenvalue weighted by Crippen LogP contribution is -2.40. The summed E-state index contributed by atoms with van der Waals surface area (Å²) in [7, 11) is 0. The Kier molecular flexibility index (Phi) is 6.67. The number of nitrogens with one attached hydrogen (secondary N) is 1. The first kappa shape index (κ1) is 21.3. The van der Waals surface area contributed by atoms with Crippen LogP contribution in [0.2, 0.25) is 0 Å². The van der Waals surface area contributed by atoms with Crippen molar-refractivity contribution in [2.75, 3.05) is 6.61 Å². The van der Waals surface area contributed by atoms with Crippen molar-refractivity contribution in [2.45, 2.75) is 39.2 Å². The fourth-order valence-corrected chi connectivity index (χ4v) is 2.47. The number of halogens is 1. The van der Waals surface area contributed by atoms with Gasteiger partial charge in [-0.3, -0.25) is 9.59 Å². The van der Waals surface area contributed by atoms with Crippen molar-refractivity contribution >= 4 is 17.7 Å². The molecule has 0 spiro atoms. The SMILES string of the molecule is C[C@H](NC(=O)c1ccc(C(C)(C)C)cc1)C(=O)OCC(=O)c1cccc(F)c1. The Hall–Kier alpha value is -3.02. The Balaban J connectivity index is 1.89. The highest BCUT2D eigenvalue weighted by Gasteiger charge is 2.20. The Bertz CT molecular complexity index is 869. The summed E-state index contributed by atoms with van der Waals surface area (Å²) in [4.78, 5) is 36.3. The van der Waals surface area contributed by atoms with Gasteiger partial charge >= 0.3 is 5.97 Å². The van der Waals surface area contributed by atoms with Gasteiger partial charge in [0, 0.05) is 11.1 Å². The predicted molar refractivity (Wildman–Crippen MR) is 104 cm³/mol. The molecule has 0 aromatic heterocycles. The molecule has 0 aliphatic rings. The zero-order chi connectivity index (χ0) is 20.9. The van der Waals surface area contributed by atoms with E-state index < -0.39 is 36.1 Å². The highest BCUT2D eigenvalue weighted by atomic mass is 19.1. The molecule has 1 atom stereocenters. The van der Waals surface area contributed by atoms with E-state index in [1.807, 2.05) is 12.1 Å². The van der Waals surface area contributed by atoms with Gasteiger partial charge in [-0.15, -0.1) is 0 Å². The van der Waals surface area contributed by atoms with E-state index in [1.54, 1.807) is 12.1 Å². The lowest BCUT2D eigenvalue weighted by Gasteiger charge is -2.19.